The first-order valence-electron chi connectivity index (χ1n) is 18.4. The molecule has 3 fully saturated rings. The van der Waals surface area contributed by atoms with Crippen LogP contribution in [0.4, 0.5) is 17.2 Å². The first-order valence-corrected chi connectivity index (χ1v) is 18.4. The summed E-state index contributed by atoms with van der Waals surface area (Å²) in [6, 6.07) is 14.1. The molecule has 272 valence electrons. The molecule has 0 bridgehead atoms. The zero-order valence-corrected chi connectivity index (χ0v) is 29.5. The third-order valence-corrected chi connectivity index (χ3v) is 11.3. The van der Waals surface area contributed by atoms with Crippen LogP contribution < -0.4 is 20.4 Å². The number of anilines is 3. The summed E-state index contributed by atoms with van der Waals surface area (Å²) in [4.78, 5) is 61.2. The van der Waals surface area contributed by atoms with E-state index in [1.165, 1.54) is 0 Å². The Hall–Kier alpha value is -5.08. The van der Waals surface area contributed by atoms with Crippen molar-refractivity contribution in [3.05, 3.63) is 59.7 Å². The van der Waals surface area contributed by atoms with E-state index < -0.39 is 23.8 Å². The van der Waals surface area contributed by atoms with Crippen molar-refractivity contribution in [1.82, 2.24) is 30.2 Å². The molecule has 14 heteroatoms. The normalized spacial score (nSPS) is 22.3. The molecule has 5 aliphatic rings. The Kier molecular flexibility index (Phi) is 9.26. The number of amides is 4. The smallest absolute Gasteiger partial charge is 0.262 e. The predicted octanol–water partition coefficient (Wildman–Crippen LogP) is 2.41. The minimum Gasteiger partial charge on any atom is -0.507 e. The number of carbonyl (C=O) groups is 4. The molecular weight excluding hydrogens is 662 g/mol. The summed E-state index contributed by atoms with van der Waals surface area (Å²) >= 11 is 0. The fourth-order valence-electron chi connectivity index (χ4n) is 8.50. The molecule has 5 aliphatic heterocycles. The first kappa shape index (κ1) is 34.0. The highest BCUT2D eigenvalue weighted by Gasteiger charge is 2.45. The van der Waals surface area contributed by atoms with E-state index in [0.29, 0.717) is 34.3 Å². The lowest BCUT2D eigenvalue weighted by molar-refractivity contribution is -0.136. The minimum atomic E-state index is -0.957. The van der Waals surface area contributed by atoms with Gasteiger partial charge in [0.1, 0.15) is 11.8 Å². The number of hydrogen-bond acceptors (Lipinski definition) is 12. The van der Waals surface area contributed by atoms with Crippen molar-refractivity contribution < 1.29 is 24.3 Å². The summed E-state index contributed by atoms with van der Waals surface area (Å²) in [5.41, 5.74) is 3.96. The monoisotopic (exact) mass is 707 g/mol. The SMILES string of the molecule is CN(CCCN1CCN2c3cc(-c4ccccc4O)nnc3NC[C@H]2C1)CC1CCN(c2ccc3c(c2)C(=O)N(C2CCC(=O)NC2=O)C3=O)CC1. The summed E-state index contributed by atoms with van der Waals surface area (Å²) in [6.45, 7) is 8.61. The fourth-order valence-corrected chi connectivity index (χ4v) is 8.50. The number of imide groups is 2. The zero-order chi connectivity index (χ0) is 35.9. The Balaban J connectivity index is 0.785. The number of phenolic OH excluding ortho intramolecular Hbond substituents is 1. The van der Waals surface area contributed by atoms with E-state index in [1.54, 1.807) is 24.3 Å². The number of para-hydroxylation sites is 1. The number of rotatable bonds is 9. The maximum atomic E-state index is 13.3. The highest BCUT2D eigenvalue weighted by molar-refractivity contribution is 6.23. The van der Waals surface area contributed by atoms with Crippen LogP contribution in [0.2, 0.25) is 0 Å². The van der Waals surface area contributed by atoms with Gasteiger partial charge < -0.3 is 25.1 Å². The summed E-state index contributed by atoms with van der Waals surface area (Å²) in [6.07, 6.45) is 3.45. The van der Waals surface area contributed by atoms with Crippen LogP contribution in [0.1, 0.15) is 52.8 Å². The number of hydrogen-bond donors (Lipinski definition) is 3. The van der Waals surface area contributed by atoms with Crippen molar-refractivity contribution in [2.45, 2.75) is 44.2 Å². The summed E-state index contributed by atoms with van der Waals surface area (Å²) in [5, 5.41) is 24.9. The molecule has 0 spiro atoms. The average Bonchev–Trinajstić information content (AvgIpc) is 3.39. The lowest BCUT2D eigenvalue weighted by Crippen LogP contribution is -2.58. The highest BCUT2D eigenvalue weighted by Crippen LogP contribution is 2.36. The third kappa shape index (κ3) is 6.56. The summed E-state index contributed by atoms with van der Waals surface area (Å²) in [7, 11) is 2.22. The summed E-state index contributed by atoms with van der Waals surface area (Å²) < 4.78 is 0. The number of fused-ring (bicyclic) bond motifs is 4. The molecule has 3 N–H and O–H groups in total. The van der Waals surface area contributed by atoms with E-state index in [0.717, 1.165) is 100 Å². The number of aromatic hydroxyl groups is 1. The van der Waals surface area contributed by atoms with Gasteiger partial charge in [0.05, 0.1) is 28.6 Å². The molecule has 3 aromatic rings. The fraction of sp³-hybridized carbons (Fsp3) is 0.474. The Labute approximate surface area is 302 Å². The van der Waals surface area contributed by atoms with Gasteiger partial charge in [-0.1, -0.05) is 12.1 Å². The lowest BCUT2D eigenvalue weighted by atomic mass is 9.95. The molecule has 3 saturated heterocycles. The van der Waals surface area contributed by atoms with Crippen molar-refractivity contribution >= 4 is 40.8 Å². The Morgan fingerprint density at radius 2 is 1.71 bits per heavy atom. The molecule has 0 saturated carbocycles. The molecule has 1 aromatic heterocycles. The van der Waals surface area contributed by atoms with Gasteiger partial charge in [0.2, 0.25) is 11.8 Å². The van der Waals surface area contributed by atoms with E-state index in [1.807, 2.05) is 24.3 Å². The van der Waals surface area contributed by atoms with Crippen LogP contribution in [-0.2, 0) is 9.59 Å². The first-order chi connectivity index (χ1) is 25.2. The van der Waals surface area contributed by atoms with Crippen molar-refractivity contribution in [3.63, 3.8) is 0 Å². The van der Waals surface area contributed by atoms with Crippen molar-refractivity contribution in [2.75, 3.05) is 81.1 Å². The Morgan fingerprint density at radius 3 is 2.52 bits per heavy atom. The number of piperidine rings is 2. The number of carbonyl (C=O) groups excluding carboxylic acids is 4. The molecule has 0 aliphatic carbocycles. The van der Waals surface area contributed by atoms with Gasteiger partial charge >= 0.3 is 0 Å². The van der Waals surface area contributed by atoms with Crippen molar-refractivity contribution in [1.29, 1.82) is 0 Å². The van der Waals surface area contributed by atoms with Gasteiger partial charge in [-0.2, -0.15) is 0 Å². The second-order valence-corrected chi connectivity index (χ2v) is 14.7. The van der Waals surface area contributed by atoms with Crippen molar-refractivity contribution in [2.24, 2.45) is 5.92 Å². The van der Waals surface area contributed by atoms with Crippen LogP contribution in [0.25, 0.3) is 11.3 Å². The van der Waals surface area contributed by atoms with Gasteiger partial charge in [0, 0.05) is 63.5 Å². The Bertz CT molecular complexity index is 1900. The second-order valence-electron chi connectivity index (χ2n) is 14.7. The lowest BCUT2D eigenvalue weighted by Gasteiger charge is -2.46. The maximum absolute atomic E-state index is 13.3. The third-order valence-electron chi connectivity index (χ3n) is 11.3. The number of nitrogens with zero attached hydrogens (tertiary/aromatic N) is 7. The predicted molar refractivity (Wildman–Crippen MR) is 195 cm³/mol. The van der Waals surface area contributed by atoms with Gasteiger partial charge in [-0.05, 0) is 88.1 Å². The van der Waals surface area contributed by atoms with Crippen LogP contribution in [0.5, 0.6) is 5.75 Å². The quantitative estimate of drug-likeness (QED) is 0.280. The van der Waals surface area contributed by atoms with E-state index in [9.17, 15) is 24.3 Å². The zero-order valence-electron chi connectivity index (χ0n) is 29.5. The molecule has 0 radical (unpaired) electrons. The van der Waals surface area contributed by atoms with Crippen LogP contribution in [-0.4, -0.2) is 132 Å². The van der Waals surface area contributed by atoms with E-state index in [2.05, 4.69) is 47.5 Å². The maximum Gasteiger partial charge on any atom is 0.262 e. The van der Waals surface area contributed by atoms with E-state index in [-0.39, 0.29) is 24.5 Å². The highest BCUT2D eigenvalue weighted by atomic mass is 16.3. The second kappa shape index (κ2) is 14.2. The van der Waals surface area contributed by atoms with Gasteiger partial charge in [-0.3, -0.25) is 34.3 Å². The van der Waals surface area contributed by atoms with Gasteiger partial charge in [0.25, 0.3) is 11.8 Å². The number of nitrogens with one attached hydrogen (secondary N) is 2. The largest absolute Gasteiger partial charge is 0.507 e. The molecule has 14 nitrogen and oxygen atoms in total. The van der Waals surface area contributed by atoms with Crippen LogP contribution >= 0.6 is 0 Å². The number of aromatic nitrogens is 2. The molecule has 1 unspecified atom stereocenters. The van der Waals surface area contributed by atoms with E-state index in [4.69, 9.17) is 0 Å². The topological polar surface area (TPSA) is 155 Å². The molecule has 8 rings (SSSR count). The number of benzene rings is 2. The number of phenols is 1. The molecule has 6 heterocycles. The van der Waals surface area contributed by atoms with Crippen LogP contribution in [0.15, 0.2) is 48.5 Å². The standard InChI is InChI=1S/C38H45N9O5/c1-43(13-4-14-44-17-18-46-26(23-44)21-39-35-32(46)20-30(41-42-35)28-5-2-3-6-33(28)48)22-24-11-15-45(16-12-24)25-7-8-27-29(19-25)38(52)47(37(27)51)31-9-10-34(49)40-36(31)50/h2-3,5-8,19-20,24,26,31,48H,4,9-18,21-23H2,1H3,(H,39,42)(H,40,49,50)/t26-,31?/m0/s1. The Morgan fingerprint density at radius 1 is 0.904 bits per heavy atom. The van der Waals surface area contributed by atoms with Gasteiger partial charge in [-0.15, -0.1) is 10.2 Å². The molecule has 2 aromatic carbocycles. The minimum absolute atomic E-state index is 0.104. The van der Waals surface area contributed by atoms with Gasteiger partial charge in [0.15, 0.2) is 5.82 Å². The van der Waals surface area contributed by atoms with E-state index >= 15 is 0 Å². The van der Waals surface area contributed by atoms with Gasteiger partial charge in [-0.25, -0.2) is 0 Å². The summed E-state index contributed by atoms with van der Waals surface area (Å²) in [5.74, 6) is -0.331. The van der Waals surface area contributed by atoms with Crippen LogP contribution in [0.3, 0.4) is 0 Å². The average molecular weight is 708 g/mol. The van der Waals surface area contributed by atoms with Crippen molar-refractivity contribution in [3.8, 4) is 17.0 Å². The molecule has 4 amide bonds. The molecule has 2 atom stereocenters. The molecular formula is C38H45N9O5. The van der Waals surface area contributed by atoms with Crippen LogP contribution in [0, 0.1) is 5.92 Å². The number of piperazine rings is 1. The molecule has 52 heavy (non-hydrogen) atoms.